The van der Waals surface area contributed by atoms with Crippen molar-refractivity contribution in [2.45, 2.75) is 65.2 Å². The number of rotatable bonds is 11. The molecule has 7 nitrogen and oxygen atoms in total. The highest BCUT2D eigenvalue weighted by Gasteiger charge is 2.09. The fourth-order valence-corrected chi connectivity index (χ4v) is 1.77. The van der Waals surface area contributed by atoms with Crippen LogP contribution in [0.5, 0.6) is 0 Å². The predicted molar refractivity (Wildman–Crippen MR) is 86.0 cm³/mol. The molecule has 4 N–H and O–H groups in total. The maximum absolute atomic E-state index is 11.4. The standard InChI is InChI=1S/C14H29NO2.H2O4S/c1-3-5-9-13(4-2)12-17-14(16)10-7-6-8-11-15;1-5(2,3)4/h13H,3-12,15H2,1-2H3;(H2,1,2,3,4). The molecule has 0 bridgehead atoms. The smallest absolute Gasteiger partial charge is 0.394 e. The molecule has 0 rings (SSSR count). The van der Waals surface area contributed by atoms with E-state index in [4.69, 9.17) is 28.0 Å². The first-order valence-corrected chi connectivity index (χ1v) is 9.19. The van der Waals surface area contributed by atoms with Crippen molar-refractivity contribution < 1.29 is 27.1 Å². The third-order valence-electron chi connectivity index (χ3n) is 3.11. The van der Waals surface area contributed by atoms with E-state index in [9.17, 15) is 4.79 Å². The van der Waals surface area contributed by atoms with Gasteiger partial charge in [0.2, 0.25) is 0 Å². The zero-order chi connectivity index (χ0) is 17.4. The third kappa shape index (κ3) is 24.3. The number of nitrogens with two attached hydrogens (primary N) is 1. The minimum Gasteiger partial charge on any atom is -0.465 e. The molecule has 0 radical (unpaired) electrons. The second-order valence-corrected chi connectivity index (χ2v) is 6.04. The van der Waals surface area contributed by atoms with Gasteiger partial charge in [-0.15, -0.1) is 0 Å². The Bertz CT molecular complexity index is 350. The minimum absolute atomic E-state index is 0.0445. The summed E-state index contributed by atoms with van der Waals surface area (Å²) in [7, 11) is -4.67. The van der Waals surface area contributed by atoms with Crippen LogP contribution in [0.3, 0.4) is 0 Å². The number of hydrogen-bond donors (Lipinski definition) is 3. The Hall–Kier alpha value is -0.700. The molecule has 1 atom stereocenters. The van der Waals surface area contributed by atoms with Gasteiger partial charge in [0.05, 0.1) is 6.61 Å². The van der Waals surface area contributed by atoms with Crippen molar-refractivity contribution in [2.75, 3.05) is 13.2 Å². The molecule has 8 heteroatoms. The van der Waals surface area contributed by atoms with Crippen LogP contribution >= 0.6 is 0 Å². The van der Waals surface area contributed by atoms with Crippen LogP contribution in [-0.2, 0) is 19.9 Å². The van der Waals surface area contributed by atoms with E-state index in [0.717, 1.165) is 25.7 Å². The molecule has 0 heterocycles. The highest BCUT2D eigenvalue weighted by Crippen LogP contribution is 2.13. The van der Waals surface area contributed by atoms with Gasteiger partial charge in [0.15, 0.2) is 0 Å². The zero-order valence-electron chi connectivity index (χ0n) is 13.7. The van der Waals surface area contributed by atoms with Crippen LogP contribution in [0.1, 0.15) is 65.2 Å². The van der Waals surface area contributed by atoms with E-state index in [1.165, 1.54) is 19.3 Å². The molecule has 22 heavy (non-hydrogen) atoms. The minimum atomic E-state index is -4.67. The van der Waals surface area contributed by atoms with Crippen molar-refractivity contribution in [1.29, 1.82) is 0 Å². The second-order valence-electron chi connectivity index (χ2n) is 5.15. The Kier molecular flexibility index (Phi) is 16.3. The van der Waals surface area contributed by atoms with Gasteiger partial charge < -0.3 is 10.5 Å². The molecule has 0 aromatic heterocycles. The van der Waals surface area contributed by atoms with E-state index in [2.05, 4.69) is 13.8 Å². The van der Waals surface area contributed by atoms with E-state index in [1.807, 2.05) is 0 Å². The van der Waals surface area contributed by atoms with Gasteiger partial charge in [0, 0.05) is 6.42 Å². The summed E-state index contributed by atoms with van der Waals surface area (Å²) in [5, 5.41) is 0. The summed E-state index contributed by atoms with van der Waals surface area (Å²) in [5.74, 6) is 0.500. The summed E-state index contributed by atoms with van der Waals surface area (Å²) in [5.41, 5.74) is 5.39. The molecular weight excluding hydrogens is 310 g/mol. The van der Waals surface area contributed by atoms with Gasteiger partial charge in [-0.2, -0.15) is 8.42 Å². The summed E-state index contributed by atoms with van der Waals surface area (Å²) < 4.78 is 36.9. The third-order valence-corrected chi connectivity index (χ3v) is 3.11. The van der Waals surface area contributed by atoms with E-state index in [1.54, 1.807) is 0 Å². The lowest BCUT2D eigenvalue weighted by Crippen LogP contribution is -2.13. The maximum atomic E-state index is 11.4. The lowest BCUT2D eigenvalue weighted by atomic mass is 10.0. The van der Waals surface area contributed by atoms with Gasteiger partial charge in [-0.05, 0) is 31.7 Å². The highest BCUT2D eigenvalue weighted by atomic mass is 32.3. The van der Waals surface area contributed by atoms with Gasteiger partial charge >= 0.3 is 16.4 Å². The molecule has 0 saturated heterocycles. The number of ether oxygens (including phenoxy) is 1. The Morgan fingerprint density at radius 2 is 1.73 bits per heavy atom. The number of unbranched alkanes of at least 4 members (excludes halogenated alkanes) is 3. The van der Waals surface area contributed by atoms with Crippen LogP contribution in [0, 0.1) is 5.92 Å². The quantitative estimate of drug-likeness (QED) is 0.299. The molecule has 0 aromatic carbocycles. The monoisotopic (exact) mass is 341 g/mol. The first-order valence-electron chi connectivity index (χ1n) is 7.80. The van der Waals surface area contributed by atoms with Crippen molar-refractivity contribution >= 4 is 16.4 Å². The van der Waals surface area contributed by atoms with Gasteiger partial charge in [-0.1, -0.05) is 39.5 Å². The lowest BCUT2D eigenvalue weighted by molar-refractivity contribution is -0.145. The first-order chi connectivity index (χ1) is 10.2. The Labute approximate surface area is 134 Å². The summed E-state index contributed by atoms with van der Waals surface area (Å²) >= 11 is 0. The van der Waals surface area contributed by atoms with Crippen LogP contribution in [-0.4, -0.2) is 36.6 Å². The summed E-state index contributed by atoms with van der Waals surface area (Å²) in [6.07, 6.45) is 8.19. The largest absolute Gasteiger partial charge is 0.465 e. The van der Waals surface area contributed by atoms with E-state index < -0.39 is 10.4 Å². The van der Waals surface area contributed by atoms with Crippen LogP contribution < -0.4 is 5.73 Å². The number of esters is 1. The van der Waals surface area contributed by atoms with Crippen LogP contribution in [0.15, 0.2) is 0 Å². The Morgan fingerprint density at radius 1 is 1.14 bits per heavy atom. The average Bonchev–Trinajstić information content (AvgIpc) is 2.42. The fourth-order valence-electron chi connectivity index (χ4n) is 1.77. The Morgan fingerprint density at radius 3 is 2.18 bits per heavy atom. The lowest BCUT2D eigenvalue weighted by Gasteiger charge is -2.14. The van der Waals surface area contributed by atoms with Crippen LogP contribution in [0.25, 0.3) is 0 Å². The molecule has 0 aromatic rings. The van der Waals surface area contributed by atoms with Gasteiger partial charge in [0.25, 0.3) is 0 Å². The number of carbonyl (C=O) groups excluding carboxylic acids is 1. The first kappa shape index (κ1) is 23.6. The molecule has 0 amide bonds. The number of hydrogen-bond acceptors (Lipinski definition) is 5. The number of carbonyl (C=O) groups is 1. The topological polar surface area (TPSA) is 127 Å². The summed E-state index contributed by atoms with van der Waals surface area (Å²) in [4.78, 5) is 11.4. The predicted octanol–water partition coefficient (Wildman–Crippen LogP) is 2.61. The second kappa shape index (κ2) is 15.2. The van der Waals surface area contributed by atoms with Crippen molar-refractivity contribution in [3.05, 3.63) is 0 Å². The van der Waals surface area contributed by atoms with Gasteiger partial charge in [0.1, 0.15) is 0 Å². The normalized spacial score (nSPS) is 12.2. The zero-order valence-corrected chi connectivity index (χ0v) is 14.5. The van der Waals surface area contributed by atoms with Crippen molar-refractivity contribution in [2.24, 2.45) is 11.7 Å². The molecular formula is C14H31NO6S. The molecule has 1 unspecified atom stereocenters. The molecule has 0 aliphatic rings. The molecule has 0 aliphatic heterocycles. The van der Waals surface area contributed by atoms with Crippen molar-refractivity contribution in [3.8, 4) is 0 Å². The van der Waals surface area contributed by atoms with Gasteiger partial charge in [-0.3, -0.25) is 13.9 Å². The summed E-state index contributed by atoms with van der Waals surface area (Å²) in [6, 6.07) is 0. The molecule has 0 aliphatic carbocycles. The molecule has 0 spiro atoms. The van der Waals surface area contributed by atoms with E-state index >= 15 is 0 Å². The average molecular weight is 341 g/mol. The van der Waals surface area contributed by atoms with Crippen molar-refractivity contribution in [3.63, 3.8) is 0 Å². The Balaban J connectivity index is 0. The van der Waals surface area contributed by atoms with Crippen LogP contribution in [0.4, 0.5) is 0 Å². The van der Waals surface area contributed by atoms with Crippen molar-refractivity contribution in [1.82, 2.24) is 0 Å². The van der Waals surface area contributed by atoms with Crippen LogP contribution in [0.2, 0.25) is 0 Å². The highest BCUT2D eigenvalue weighted by molar-refractivity contribution is 7.79. The SMILES string of the molecule is CCCCC(CC)COC(=O)CCCCCN.O=S(=O)(O)O. The fraction of sp³-hybridized carbons (Fsp3) is 0.929. The molecule has 134 valence electrons. The van der Waals surface area contributed by atoms with E-state index in [-0.39, 0.29) is 5.97 Å². The summed E-state index contributed by atoms with van der Waals surface area (Å²) in [6.45, 7) is 5.67. The van der Waals surface area contributed by atoms with Gasteiger partial charge in [-0.25, -0.2) is 0 Å². The molecule has 0 fully saturated rings. The molecule has 0 saturated carbocycles. The maximum Gasteiger partial charge on any atom is 0.394 e. The van der Waals surface area contributed by atoms with E-state index in [0.29, 0.717) is 25.5 Å².